The van der Waals surface area contributed by atoms with Gasteiger partial charge in [0.2, 0.25) is 5.89 Å². The number of rotatable bonds is 7. The molecule has 2 fully saturated rings. The molecule has 1 unspecified atom stereocenters. The SMILES string of the molecule is CC(C)c1nn(-c2noc(C3CC(NCCC4CCOC4)C3)n2)c2c(F)cccc12. The van der Waals surface area contributed by atoms with E-state index in [-0.39, 0.29) is 17.7 Å². The van der Waals surface area contributed by atoms with E-state index in [0.29, 0.717) is 29.3 Å². The highest BCUT2D eigenvalue weighted by atomic mass is 19.1. The molecule has 2 aliphatic rings. The highest BCUT2D eigenvalue weighted by Crippen LogP contribution is 2.36. The van der Waals surface area contributed by atoms with Crippen LogP contribution in [0.15, 0.2) is 22.7 Å². The first-order valence-corrected chi connectivity index (χ1v) is 10.9. The molecule has 2 aromatic heterocycles. The summed E-state index contributed by atoms with van der Waals surface area (Å²) >= 11 is 0. The van der Waals surface area contributed by atoms with Crippen molar-refractivity contribution in [3.05, 3.63) is 35.6 Å². The Kier molecular flexibility index (Phi) is 5.28. The van der Waals surface area contributed by atoms with Gasteiger partial charge in [-0.2, -0.15) is 14.8 Å². The second-order valence-corrected chi connectivity index (χ2v) is 8.86. The van der Waals surface area contributed by atoms with Crippen molar-refractivity contribution in [2.45, 2.75) is 57.4 Å². The van der Waals surface area contributed by atoms with Crippen LogP contribution in [0, 0.1) is 11.7 Å². The summed E-state index contributed by atoms with van der Waals surface area (Å²) in [5.41, 5.74) is 1.23. The minimum Gasteiger partial charge on any atom is -0.381 e. The van der Waals surface area contributed by atoms with E-state index < -0.39 is 0 Å². The third kappa shape index (κ3) is 3.63. The Hall–Kier alpha value is -2.32. The van der Waals surface area contributed by atoms with E-state index in [1.54, 1.807) is 6.07 Å². The first-order valence-electron chi connectivity index (χ1n) is 10.9. The Morgan fingerprint density at radius 3 is 2.93 bits per heavy atom. The Bertz CT molecular complexity index is 1020. The summed E-state index contributed by atoms with van der Waals surface area (Å²) in [6, 6.07) is 5.52. The van der Waals surface area contributed by atoms with Gasteiger partial charge >= 0.3 is 0 Å². The number of nitrogens with zero attached hydrogens (tertiary/aromatic N) is 4. The predicted molar refractivity (Wildman–Crippen MR) is 110 cm³/mol. The first kappa shape index (κ1) is 19.6. The standard InChI is InChI=1S/C22H28FN5O2/c1-13(2)19-17-4-3-5-18(23)20(17)28(26-19)22-25-21(30-27-22)15-10-16(11-15)24-8-6-14-7-9-29-12-14/h3-5,13-16,24H,6-12H2,1-2H3. The quantitative estimate of drug-likeness (QED) is 0.632. The van der Waals surface area contributed by atoms with Crippen molar-refractivity contribution in [3.8, 4) is 5.95 Å². The number of ether oxygens (including phenoxy) is 1. The number of aromatic nitrogens is 4. The molecule has 8 heteroatoms. The second kappa shape index (κ2) is 8.07. The Morgan fingerprint density at radius 1 is 1.30 bits per heavy atom. The number of fused-ring (bicyclic) bond motifs is 1. The maximum Gasteiger partial charge on any atom is 0.291 e. The minimum atomic E-state index is -0.334. The summed E-state index contributed by atoms with van der Waals surface area (Å²) in [4.78, 5) is 4.56. The van der Waals surface area contributed by atoms with Crippen molar-refractivity contribution in [1.82, 2.24) is 25.2 Å². The Labute approximate surface area is 175 Å². The van der Waals surface area contributed by atoms with Crippen molar-refractivity contribution in [3.63, 3.8) is 0 Å². The van der Waals surface area contributed by atoms with Crippen LogP contribution in [0.4, 0.5) is 4.39 Å². The normalized spacial score (nSPS) is 24.1. The van der Waals surface area contributed by atoms with Gasteiger partial charge in [0.05, 0.1) is 5.69 Å². The molecule has 1 aromatic carbocycles. The number of benzene rings is 1. The first-order chi connectivity index (χ1) is 14.6. The lowest BCUT2D eigenvalue weighted by molar-refractivity contribution is 0.182. The van der Waals surface area contributed by atoms with Gasteiger partial charge in [-0.05, 0) is 55.3 Å². The zero-order chi connectivity index (χ0) is 20.7. The van der Waals surface area contributed by atoms with Gasteiger partial charge in [-0.1, -0.05) is 26.0 Å². The van der Waals surface area contributed by atoms with Crippen LogP contribution >= 0.6 is 0 Å². The fraction of sp³-hybridized carbons (Fsp3) is 0.591. The molecule has 0 amide bonds. The smallest absolute Gasteiger partial charge is 0.291 e. The lowest BCUT2D eigenvalue weighted by atomic mass is 9.80. The average molecular weight is 413 g/mol. The zero-order valence-corrected chi connectivity index (χ0v) is 17.5. The van der Waals surface area contributed by atoms with Gasteiger partial charge in [0.1, 0.15) is 11.3 Å². The molecule has 1 saturated heterocycles. The van der Waals surface area contributed by atoms with Crippen LogP contribution in [-0.2, 0) is 4.74 Å². The van der Waals surface area contributed by atoms with Crippen LogP contribution < -0.4 is 5.32 Å². The fourth-order valence-corrected chi connectivity index (χ4v) is 4.49. The van der Waals surface area contributed by atoms with Gasteiger partial charge in [0.15, 0.2) is 0 Å². The maximum atomic E-state index is 14.6. The molecule has 1 aliphatic heterocycles. The highest BCUT2D eigenvalue weighted by Gasteiger charge is 2.34. The van der Waals surface area contributed by atoms with E-state index in [2.05, 4.69) is 20.6 Å². The lowest BCUT2D eigenvalue weighted by Gasteiger charge is -2.33. The van der Waals surface area contributed by atoms with Crippen molar-refractivity contribution < 1.29 is 13.7 Å². The third-order valence-corrected chi connectivity index (χ3v) is 6.35. The molecular formula is C22H28FN5O2. The van der Waals surface area contributed by atoms with Gasteiger partial charge in [0, 0.05) is 30.6 Å². The van der Waals surface area contributed by atoms with Gasteiger partial charge in [-0.3, -0.25) is 0 Å². The van der Waals surface area contributed by atoms with Gasteiger partial charge in [-0.25, -0.2) is 4.39 Å². The summed E-state index contributed by atoms with van der Waals surface area (Å²) in [6.45, 7) is 6.92. The summed E-state index contributed by atoms with van der Waals surface area (Å²) in [6.07, 6.45) is 4.31. The van der Waals surface area contributed by atoms with E-state index >= 15 is 0 Å². The number of para-hydroxylation sites is 1. The molecule has 0 spiro atoms. The molecule has 0 radical (unpaired) electrons. The topological polar surface area (TPSA) is 78.0 Å². The highest BCUT2D eigenvalue weighted by molar-refractivity contribution is 5.84. The molecular weight excluding hydrogens is 385 g/mol. The molecule has 1 atom stereocenters. The van der Waals surface area contributed by atoms with Crippen LogP contribution in [0.2, 0.25) is 0 Å². The van der Waals surface area contributed by atoms with Gasteiger partial charge < -0.3 is 14.6 Å². The van der Waals surface area contributed by atoms with E-state index in [0.717, 1.165) is 43.7 Å². The summed E-state index contributed by atoms with van der Waals surface area (Å²) in [7, 11) is 0. The van der Waals surface area contributed by atoms with Crippen molar-refractivity contribution in [1.29, 1.82) is 0 Å². The summed E-state index contributed by atoms with van der Waals surface area (Å²) in [5.74, 6) is 1.68. The van der Waals surface area contributed by atoms with Crippen molar-refractivity contribution in [2.75, 3.05) is 19.8 Å². The van der Waals surface area contributed by atoms with Crippen LogP contribution in [-0.4, -0.2) is 45.7 Å². The second-order valence-electron chi connectivity index (χ2n) is 8.86. The third-order valence-electron chi connectivity index (χ3n) is 6.35. The molecule has 30 heavy (non-hydrogen) atoms. The van der Waals surface area contributed by atoms with E-state index in [9.17, 15) is 4.39 Å². The predicted octanol–water partition coefficient (Wildman–Crippen LogP) is 3.93. The Balaban J connectivity index is 1.26. The van der Waals surface area contributed by atoms with Crippen LogP contribution in [0.25, 0.3) is 16.9 Å². The lowest BCUT2D eigenvalue weighted by Crippen LogP contribution is -2.41. The van der Waals surface area contributed by atoms with Crippen molar-refractivity contribution in [2.24, 2.45) is 5.92 Å². The Morgan fingerprint density at radius 2 is 2.17 bits per heavy atom. The average Bonchev–Trinajstić information content (AvgIpc) is 3.42. The maximum absolute atomic E-state index is 14.6. The fourth-order valence-electron chi connectivity index (χ4n) is 4.49. The van der Waals surface area contributed by atoms with Crippen LogP contribution in [0.1, 0.15) is 63.0 Å². The van der Waals surface area contributed by atoms with Crippen LogP contribution in [0.3, 0.4) is 0 Å². The summed E-state index contributed by atoms with van der Waals surface area (Å²) in [5, 5.41) is 13.1. The molecule has 0 bridgehead atoms. The molecule has 3 aromatic rings. The van der Waals surface area contributed by atoms with E-state index in [4.69, 9.17) is 9.26 Å². The molecule has 1 saturated carbocycles. The van der Waals surface area contributed by atoms with Crippen LogP contribution in [0.5, 0.6) is 0 Å². The largest absolute Gasteiger partial charge is 0.381 e. The van der Waals surface area contributed by atoms with Crippen molar-refractivity contribution >= 4 is 10.9 Å². The number of nitrogens with one attached hydrogen (secondary N) is 1. The minimum absolute atomic E-state index is 0.163. The number of hydrogen-bond acceptors (Lipinski definition) is 6. The molecule has 1 aliphatic carbocycles. The zero-order valence-electron chi connectivity index (χ0n) is 17.5. The summed E-state index contributed by atoms with van der Waals surface area (Å²) < 4.78 is 27.0. The monoisotopic (exact) mass is 413 g/mol. The molecule has 7 nitrogen and oxygen atoms in total. The number of hydrogen-bond donors (Lipinski definition) is 1. The number of halogens is 1. The van der Waals surface area contributed by atoms with E-state index in [1.807, 2.05) is 19.9 Å². The molecule has 3 heterocycles. The molecule has 1 N–H and O–H groups in total. The van der Waals surface area contributed by atoms with Gasteiger partial charge in [-0.15, -0.1) is 0 Å². The van der Waals surface area contributed by atoms with Gasteiger partial charge in [0.25, 0.3) is 5.95 Å². The van der Waals surface area contributed by atoms with E-state index in [1.165, 1.54) is 23.6 Å². The molecule has 160 valence electrons. The molecule has 5 rings (SSSR count).